The molecule has 2 aliphatic heterocycles. The number of nitrogens with zero attached hydrogens (tertiary/aromatic N) is 1. The van der Waals surface area contributed by atoms with Crippen molar-refractivity contribution in [2.45, 2.75) is 0 Å². The number of furan rings is 1. The third-order valence-corrected chi connectivity index (χ3v) is 5.11. The second-order valence-electron chi connectivity index (χ2n) is 6.07. The molecular formula is C19H16N2O5S. The molecule has 3 amide bonds. The third-order valence-electron chi connectivity index (χ3n) is 4.30. The lowest BCUT2D eigenvalue weighted by molar-refractivity contribution is -0.129. The second-order valence-corrected chi connectivity index (χ2v) is 7.08. The Bertz CT molecular complexity index is 985. The van der Waals surface area contributed by atoms with E-state index in [1.165, 1.54) is 6.08 Å². The molecule has 4 rings (SSSR count). The maximum atomic E-state index is 12.3. The van der Waals surface area contributed by atoms with Crippen molar-refractivity contribution >= 4 is 51.9 Å². The number of nitrogens with one attached hydrogen (secondary N) is 1. The maximum Gasteiger partial charge on any atom is 0.290 e. The normalized spacial score (nSPS) is 19.4. The largest absolute Gasteiger partial charge is 0.464 e. The summed E-state index contributed by atoms with van der Waals surface area (Å²) in [6.07, 6.45) is 6.50. The Labute approximate surface area is 159 Å². The van der Waals surface area contributed by atoms with E-state index in [0.717, 1.165) is 28.3 Å². The number of amides is 3. The third kappa shape index (κ3) is 3.81. The quantitative estimate of drug-likeness (QED) is 0.819. The van der Waals surface area contributed by atoms with Crippen LogP contribution in [0, 0.1) is 0 Å². The van der Waals surface area contributed by atoms with Crippen LogP contribution in [-0.4, -0.2) is 48.3 Å². The van der Waals surface area contributed by atoms with Crippen molar-refractivity contribution < 1.29 is 23.5 Å². The van der Waals surface area contributed by atoms with Crippen molar-refractivity contribution in [3.8, 4) is 0 Å². The summed E-state index contributed by atoms with van der Waals surface area (Å²) in [5, 5.41) is 2.68. The van der Waals surface area contributed by atoms with E-state index < -0.39 is 5.91 Å². The highest BCUT2D eigenvalue weighted by Gasteiger charge is 2.25. The van der Waals surface area contributed by atoms with Gasteiger partial charge in [-0.1, -0.05) is 6.07 Å². The summed E-state index contributed by atoms with van der Waals surface area (Å²) in [4.78, 5) is 37.3. The van der Waals surface area contributed by atoms with E-state index in [9.17, 15) is 14.4 Å². The summed E-state index contributed by atoms with van der Waals surface area (Å²) >= 11 is 0.874. The molecule has 0 atom stereocenters. The van der Waals surface area contributed by atoms with E-state index in [4.69, 9.17) is 9.15 Å². The molecule has 2 aromatic rings. The van der Waals surface area contributed by atoms with Crippen LogP contribution >= 0.6 is 11.8 Å². The number of morpholine rings is 1. The van der Waals surface area contributed by atoms with E-state index in [1.54, 1.807) is 29.4 Å². The number of ether oxygens (including phenoxy) is 1. The summed E-state index contributed by atoms with van der Waals surface area (Å²) in [7, 11) is 0. The fourth-order valence-corrected chi connectivity index (χ4v) is 3.59. The van der Waals surface area contributed by atoms with Crippen LogP contribution in [0.25, 0.3) is 23.1 Å². The van der Waals surface area contributed by atoms with Crippen molar-refractivity contribution in [3.63, 3.8) is 0 Å². The van der Waals surface area contributed by atoms with Gasteiger partial charge in [-0.25, -0.2) is 0 Å². The lowest BCUT2D eigenvalue weighted by Crippen LogP contribution is -2.39. The minimum absolute atomic E-state index is 0.0662. The highest BCUT2D eigenvalue weighted by Crippen LogP contribution is 2.28. The van der Waals surface area contributed by atoms with E-state index in [-0.39, 0.29) is 11.1 Å². The average molecular weight is 384 g/mol. The van der Waals surface area contributed by atoms with Gasteiger partial charge in [0.2, 0.25) is 5.91 Å². The summed E-state index contributed by atoms with van der Waals surface area (Å²) in [5.74, 6) is -0.461. The van der Waals surface area contributed by atoms with Crippen molar-refractivity contribution in [1.82, 2.24) is 10.2 Å². The van der Waals surface area contributed by atoms with Gasteiger partial charge in [0.05, 0.1) is 24.4 Å². The number of carbonyl (C=O) groups excluding carboxylic acids is 3. The number of rotatable bonds is 3. The maximum absolute atomic E-state index is 12.3. The number of thioether (sulfide) groups is 1. The number of hydrogen-bond donors (Lipinski definition) is 1. The molecule has 2 saturated heterocycles. The van der Waals surface area contributed by atoms with Crippen LogP contribution in [0.3, 0.4) is 0 Å². The van der Waals surface area contributed by atoms with Gasteiger partial charge in [0, 0.05) is 30.1 Å². The Balaban J connectivity index is 1.58. The predicted octanol–water partition coefficient (Wildman–Crippen LogP) is 2.63. The summed E-state index contributed by atoms with van der Waals surface area (Å²) in [6.45, 7) is 2.29. The summed E-state index contributed by atoms with van der Waals surface area (Å²) in [6, 6.07) is 5.46. The van der Waals surface area contributed by atoms with Crippen LogP contribution in [0.5, 0.6) is 0 Å². The van der Waals surface area contributed by atoms with Crippen molar-refractivity contribution in [2.24, 2.45) is 0 Å². The number of imide groups is 1. The minimum Gasteiger partial charge on any atom is -0.464 e. The Morgan fingerprint density at radius 1 is 1.22 bits per heavy atom. The minimum atomic E-state index is -0.395. The van der Waals surface area contributed by atoms with Crippen LogP contribution < -0.4 is 5.32 Å². The van der Waals surface area contributed by atoms with Crippen molar-refractivity contribution in [1.29, 1.82) is 0 Å². The first-order chi connectivity index (χ1) is 13.1. The van der Waals surface area contributed by atoms with Gasteiger partial charge >= 0.3 is 0 Å². The molecule has 1 aromatic heterocycles. The molecule has 3 heterocycles. The first-order valence-corrected chi connectivity index (χ1v) is 9.23. The Hall–Kier alpha value is -2.84. The summed E-state index contributed by atoms with van der Waals surface area (Å²) in [5.41, 5.74) is 2.21. The van der Waals surface area contributed by atoms with Gasteiger partial charge in [0.15, 0.2) is 0 Å². The number of hydrogen-bond acceptors (Lipinski definition) is 6. The van der Waals surface area contributed by atoms with Gasteiger partial charge in [-0.2, -0.15) is 0 Å². The lowest BCUT2D eigenvalue weighted by atomic mass is 10.1. The molecular weight excluding hydrogens is 368 g/mol. The van der Waals surface area contributed by atoms with Gasteiger partial charge in [0.1, 0.15) is 5.58 Å². The van der Waals surface area contributed by atoms with Gasteiger partial charge in [0.25, 0.3) is 11.1 Å². The van der Waals surface area contributed by atoms with Gasteiger partial charge < -0.3 is 14.1 Å². The smallest absolute Gasteiger partial charge is 0.290 e. The Morgan fingerprint density at radius 3 is 2.78 bits per heavy atom. The number of fused-ring (bicyclic) bond motifs is 1. The SMILES string of the molecule is O=C1NC(=O)/C(=C\c2ccc3occ(/C=C/C(=O)N4CCOCC4)c3c2)S1. The van der Waals surface area contributed by atoms with Crippen LogP contribution in [0.4, 0.5) is 4.79 Å². The van der Waals surface area contributed by atoms with Crippen LogP contribution in [-0.2, 0) is 14.3 Å². The predicted molar refractivity (Wildman–Crippen MR) is 102 cm³/mol. The zero-order valence-corrected chi connectivity index (χ0v) is 15.1. The highest BCUT2D eigenvalue weighted by atomic mass is 32.2. The average Bonchev–Trinajstić information content (AvgIpc) is 3.22. The molecule has 0 unspecified atom stereocenters. The van der Waals surface area contributed by atoms with E-state index in [2.05, 4.69) is 5.32 Å². The molecule has 1 aromatic carbocycles. The lowest BCUT2D eigenvalue weighted by Gasteiger charge is -2.25. The summed E-state index contributed by atoms with van der Waals surface area (Å²) < 4.78 is 10.8. The van der Waals surface area contributed by atoms with E-state index in [1.807, 2.05) is 12.1 Å². The second kappa shape index (κ2) is 7.42. The highest BCUT2D eigenvalue weighted by molar-refractivity contribution is 8.18. The standard InChI is InChI=1S/C19H16N2O5S/c22-17(21-5-7-25-8-6-21)4-2-13-11-26-15-3-1-12(9-14(13)15)10-16-18(23)20-19(24)27-16/h1-4,9-11H,5-8H2,(H,20,23,24)/b4-2+,16-10+. The molecule has 7 nitrogen and oxygen atoms in total. The van der Waals surface area contributed by atoms with Crippen molar-refractivity contribution in [2.75, 3.05) is 26.3 Å². The zero-order valence-electron chi connectivity index (χ0n) is 14.3. The number of benzene rings is 1. The Morgan fingerprint density at radius 2 is 2.04 bits per heavy atom. The monoisotopic (exact) mass is 384 g/mol. The van der Waals surface area contributed by atoms with Gasteiger partial charge in [-0.15, -0.1) is 0 Å². The van der Waals surface area contributed by atoms with Gasteiger partial charge in [-0.05, 0) is 41.6 Å². The first kappa shape index (κ1) is 17.6. The molecule has 0 aliphatic carbocycles. The van der Waals surface area contributed by atoms with Gasteiger partial charge in [-0.3, -0.25) is 19.7 Å². The van der Waals surface area contributed by atoms with Crippen LogP contribution in [0.15, 0.2) is 39.9 Å². The molecule has 2 fully saturated rings. The molecule has 2 aliphatic rings. The molecule has 27 heavy (non-hydrogen) atoms. The molecule has 138 valence electrons. The van der Waals surface area contributed by atoms with Crippen molar-refractivity contribution in [3.05, 3.63) is 46.6 Å². The fraction of sp³-hybridized carbons (Fsp3) is 0.211. The zero-order chi connectivity index (χ0) is 18.8. The molecule has 0 bridgehead atoms. The molecule has 0 saturated carbocycles. The molecule has 0 spiro atoms. The molecule has 1 N–H and O–H groups in total. The Kier molecular flexibility index (Phi) is 4.83. The number of carbonyl (C=O) groups is 3. The van der Waals surface area contributed by atoms with Crippen LogP contribution in [0.1, 0.15) is 11.1 Å². The molecule has 0 radical (unpaired) electrons. The van der Waals surface area contributed by atoms with Crippen LogP contribution in [0.2, 0.25) is 0 Å². The fourth-order valence-electron chi connectivity index (χ4n) is 2.91. The topological polar surface area (TPSA) is 88.8 Å². The van der Waals surface area contributed by atoms with E-state index >= 15 is 0 Å². The molecule has 8 heteroatoms. The first-order valence-electron chi connectivity index (χ1n) is 8.41. The van der Waals surface area contributed by atoms with E-state index in [0.29, 0.717) is 36.8 Å².